The molecule has 0 atom stereocenters. The van der Waals surface area contributed by atoms with Crippen molar-refractivity contribution in [2.24, 2.45) is 5.92 Å². The number of rotatable bonds is 6. The van der Waals surface area contributed by atoms with E-state index in [2.05, 4.69) is 29.0 Å². The minimum Gasteiger partial charge on any atom is -0.356 e. The summed E-state index contributed by atoms with van der Waals surface area (Å²) >= 11 is 2.13. The molecule has 1 heterocycles. The van der Waals surface area contributed by atoms with Gasteiger partial charge in [-0.25, -0.2) is 0 Å². The number of carbonyl (C=O) groups excluding carboxylic acids is 1. The van der Waals surface area contributed by atoms with Gasteiger partial charge >= 0.3 is 0 Å². The maximum Gasteiger partial charge on any atom is 0.223 e. The summed E-state index contributed by atoms with van der Waals surface area (Å²) < 4.78 is 0. The van der Waals surface area contributed by atoms with Gasteiger partial charge in [0.25, 0.3) is 0 Å². The van der Waals surface area contributed by atoms with Gasteiger partial charge in [-0.1, -0.05) is 19.3 Å². The Labute approximate surface area is 128 Å². The first-order chi connectivity index (χ1) is 9.75. The first-order valence-corrected chi connectivity index (χ1v) is 9.38. The summed E-state index contributed by atoms with van der Waals surface area (Å²) in [6, 6.07) is 0. The second-order valence-corrected chi connectivity index (χ2v) is 7.76. The van der Waals surface area contributed by atoms with Crippen LogP contribution in [0.1, 0.15) is 51.4 Å². The van der Waals surface area contributed by atoms with Crippen LogP contribution in [-0.2, 0) is 4.79 Å². The molecule has 0 radical (unpaired) electrons. The quantitative estimate of drug-likeness (QED) is 0.765. The van der Waals surface area contributed by atoms with Crippen LogP contribution in [0.3, 0.4) is 0 Å². The summed E-state index contributed by atoms with van der Waals surface area (Å²) in [6.45, 7) is 3.00. The molecule has 0 aromatic heterocycles. The minimum atomic E-state index is 0.261. The number of nitrogens with zero attached hydrogens (tertiary/aromatic N) is 1. The van der Waals surface area contributed by atoms with Gasteiger partial charge in [-0.3, -0.25) is 4.79 Å². The highest BCUT2D eigenvalue weighted by Gasteiger charge is 2.22. The Kier molecular flexibility index (Phi) is 7.22. The van der Waals surface area contributed by atoms with E-state index in [1.807, 2.05) is 0 Å². The fourth-order valence-corrected chi connectivity index (χ4v) is 4.49. The topological polar surface area (TPSA) is 32.3 Å². The van der Waals surface area contributed by atoms with Crippen LogP contribution in [0.4, 0.5) is 0 Å². The van der Waals surface area contributed by atoms with Crippen molar-refractivity contribution in [2.75, 3.05) is 32.4 Å². The minimum absolute atomic E-state index is 0.261. The van der Waals surface area contributed by atoms with Crippen molar-refractivity contribution in [2.45, 2.75) is 56.6 Å². The molecule has 0 aromatic rings. The third-order valence-electron chi connectivity index (χ3n) is 4.62. The molecule has 1 aliphatic heterocycles. The maximum atomic E-state index is 12.0. The monoisotopic (exact) mass is 298 g/mol. The Morgan fingerprint density at radius 2 is 1.85 bits per heavy atom. The number of amides is 1. The van der Waals surface area contributed by atoms with E-state index in [1.165, 1.54) is 37.9 Å². The van der Waals surface area contributed by atoms with Crippen molar-refractivity contribution in [3.05, 3.63) is 0 Å². The number of hydrogen-bond donors (Lipinski definition) is 1. The molecular weight excluding hydrogens is 268 g/mol. The van der Waals surface area contributed by atoms with Gasteiger partial charge < -0.3 is 10.2 Å². The van der Waals surface area contributed by atoms with Crippen molar-refractivity contribution >= 4 is 17.7 Å². The zero-order chi connectivity index (χ0) is 14.2. The van der Waals surface area contributed by atoms with E-state index in [1.54, 1.807) is 0 Å². The highest BCUT2D eigenvalue weighted by atomic mass is 32.2. The van der Waals surface area contributed by atoms with Crippen LogP contribution in [0, 0.1) is 5.92 Å². The lowest BCUT2D eigenvalue weighted by Crippen LogP contribution is -2.39. The molecule has 116 valence electrons. The van der Waals surface area contributed by atoms with Crippen molar-refractivity contribution < 1.29 is 4.79 Å². The molecule has 4 heteroatoms. The first-order valence-electron chi connectivity index (χ1n) is 8.33. The van der Waals surface area contributed by atoms with Crippen LogP contribution < -0.4 is 5.32 Å². The van der Waals surface area contributed by atoms with Crippen LogP contribution in [0.5, 0.6) is 0 Å². The van der Waals surface area contributed by atoms with Gasteiger partial charge in [0.05, 0.1) is 0 Å². The van der Waals surface area contributed by atoms with Crippen molar-refractivity contribution in [1.82, 2.24) is 10.2 Å². The summed E-state index contributed by atoms with van der Waals surface area (Å²) in [5.74, 6) is 1.76. The molecule has 2 aliphatic rings. The maximum absolute atomic E-state index is 12.0. The molecule has 1 N–H and O–H groups in total. The second kappa shape index (κ2) is 8.93. The number of piperidine rings is 1. The molecule has 0 bridgehead atoms. The highest BCUT2D eigenvalue weighted by molar-refractivity contribution is 7.99. The second-order valence-electron chi connectivity index (χ2n) is 6.35. The Hall–Kier alpha value is -0.220. The summed E-state index contributed by atoms with van der Waals surface area (Å²) in [4.78, 5) is 14.3. The number of hydrogen-bond acceptors (Lipinski definition) is 3. The average Bonchev–Trinajstić information content (AvgIpc) is 2.48. The van der Waals surface area contributed by atoms with Gasteiger partial charge in [0.1, 0.15) is 0 Å². The van der Waals surface area contributed by atoms with Gasteiger partial charge in [0.2, 0.25) is 5.91 Å². The van der Waals surface area contributed by atoms with Gasteiger partial charge in [-0.05, 0) is 58.0 Å². The molecule has 0 spiro atoms. The molecule has 1 saturated heterocycles. The van der Waals surface area contributed by atoms with Crippen LogP contribution in [0.2, 0.25) is 0 Å². The smallest absolute Gasteiger partial charge is 0.223 e. The average molecular weight is 298 g/mol. The lowest BCUT2D eigenvalue weighted by molar-refractivity contribution is -0.126. The van der Waals surface area contributed by atoms with E-state index >= 15 is 0 Å². The Morgan fingerprint density at radius 1 is 1.15 bits per heavy atom. The predicted octanol–water partition coefficient (Wildman–Crippen LogP) is 2.90. The van der Waals surface area contributed by atoms with E-state index in [4.69, 9.17) is 0 Å². The van der Waals surface area contributed by atoms with Crippen molar-refractivity contribution in [3.8, 4) is 0 Å². The molecule has 2 fully saturated rings. The summed E-state index contributed by atoms with van der Waals surface area (Å²) in [6.07, 6.45) is 10.3. The first kappa shape index (κ1) is 16.2. The van der Waals surface area contributed by atoms with E-state index in [0.717, 1.165) is 44.1 Å². The largest absolute Gasteiger partial charge is 0.356 e. The standard InChI is InChI=1S/C16H30N2OS/c1-18-11-8-14(9-12-18)16(19)17-10-5-13-20-15-6-3-2-4-7-15/h14-15H,2-13H2,1H3,(H,17,19). The zero-order valence-electron chi connectivity index (χ0n) is 12.9. The van der Waals surface area contributed by atoms with Crippen LogP contribution in [0.15, 0.2) is 0 Å². The van der Waals surface area contributed by atoms with Crippen molar-refractivity contribution in [3.63, 3.8) is 0 Å². The third-order valence-corrected chi connectivity index (χ3v) is 6.08. The van der Waals surface area contributed by atoms with E-state index in [0.29, 0.717) is 5.91 Å². The lowest BCUT2D eigenvalue weighted by Gasteiger charge is -2.28. The number of likely N-dealkylation sites (tertiary alicyclic amines) is 1. The van der Waals surface area contributed by atoms with Gasteiger partial charge in [-0.15, -0.1) is 0 Å². The molecule has 1 amide bonds. The fourth-order valence-electron chi connectivity index (χ4n) is 3.18. The van der Waals surface area contributed by atoms with E-state index in [9.17, 15) is 4.79 Å². The highest BCUT2D eigenvalue weighted by Crippen LogP contribution is 2.28. The van der Waals surface area contributed by atoms with Gasteiger partial charge in [-0.2, -0.15) is 11.8 Å². The molecule has 3 nitrogen and oxygen atoms in total. The molecule has 0 aromatic carbocycles. The summed E-state index contributed by atoms with van der Waals surface area (Å²) in [5, 5.41) is 4.03. The Balaban J connectivity index is 1.49. The fraction of sp³-hybridized carbons (Fsp3) is 0.938. The van der Waals surface area contributed by atoms with E-state index < -0.39 is 0 Å². The molecule has 1 saturated carbocycles. The summed E-state index contributed by atoms with van der Waals surface area (Å²) in [7, 11) is 2.14. The van der Waals surface area contributed by atoms with Crippen molar-refractivity contribution in [1.29, 1.82) is 0 Å². The zero-order valence-corrected chi connectivity index (χ0v) is 13.7. The number of thioether (sulfide) groups is 1. The SMILES string of the molecule is CN1CCC(C(=O)NCCCSC2CCCCC2)CC1. The van der Waals surface area contributed by atoms with Gasteiger partial charge in [0.15, 0.2) is 0 Å². The molecule has 1 aliphatic carbocycles. The van der Waals surface area contributed by atoms with Crippen LogP contribution in [0.25, 0.3) is 0 Å². The molecule has 0 unspecified atom stereocenters. The van der Waals surface area contributed by atoms with Crippen LogP contribution >= 0.6 is 11.8 Å². The molecule has 2 rings (SSSR count). The third kappa shape index (κ3) is 5.65. The number of carbonyl (C=O) groups is 1. The van der Waals surface area contributed by atoms with E-state index in [-0.39, 0.29) is 5.92 Å². The predicted molar refractivity (Wildman–Crippen MR) is 87.2 cm³/mol. The molecule has 20 heavy (non-hydrogen) atoms. The lowest BCUT2D eigenvalue weighted by atomic mass is 9.96. The summed E-state index contributed by atoms with van der Waals surface area (Å²) in [5.41, 5.74) is 0. The Morgan fingerprint density at radius 3 is 2.55 bits per heavy atom. The Bertz CT molecular complexity index is 284. The number of nitrogens with one attached hydrogen (secondary N) is 1. The molecular formula is C16H30N2OS. The normalized spacial score (nSPS) is 22.9. The van der Waals surface area contributed by atoms with Gasteiger partial charge in [0, 0.05) is 17.7 Å². The van der Waals surface area contributed by atoms with Crippen LogP contribution in [-0.4, -0.2) is 48.5 Å².